The largest absolute Gasteiger partial charge is 0.489 e. The fourth-order valence-corrected chi connectivity index (χ4v) is 6.34. The van der Waals surface area contributed by atoms with Crippen molar-refractivity contribution in [2.24, 2.45) is 5.41 Å². The Kier molecular flexibility index (Phi) is 4.84. The average Bonchev–Trinajstić information content (AvgIpc) is 3.61. The molecule has 8 heteroatoms. The number of amides is 2. The predicted molar refractivity (Wildman–Crippen MR) is 131 cm³/mol. The van der Waals surface area contributed by atoms with E-state index in [9.17, 15) is 9.59 Å². The first-order valence-corrected chi connectivity index (χ1v) is 12.7. The molecular formula is C28H28N4O4. The Hall–Kier alpha value is -3.81. The number of aryl methyl sites for hydroxylation is 2. The molecule has 2 atom stereocenters. The first-order chi connectivity index (χ1) is 17.6. The Labute approximate surface area is 209 Å². The molecule has 8 nitrogen and oxygen atoms in total. The molecule has 2 amide bonds. The molecule has 5 aliphatic rings. The number of H-pyrrole nitrogens is 1. The third kappa shape index (κ3) is 3.38. The van der Waals surface area contributed by atoms with Gasteiger partial charge >= 0.3 is 0 Å². The van der Waals surface area contributed by atoms with Crippen LogP contribution in [0.1, 0.15) is 51.6 Å². The van der Waals surface area contributed by atoms with E-state index in [1.165, 1.54) is 0 Å². The van der Waals surface area contributed by atoms with Gasteiger partial charge in [0.2, 0.25) is 5.91 Å². The van der Waals surface area contributed by atoms with Crippen LogP contribution < -0.4 is 14.8 Å². The monoisotopic (exact) mass is 484 g/mol. The summed E-state index contributed by atoms with van der Waals surface area (Å²) in [5.74, 6) is 2.08. The Morgan fingerprint density at radius 2 is 2.03 bits per heavy atom. The van der Waals surface area contributed by atoms with Crippen LogP contribution in [0.4, 0.5) is 0 Å². The second-order valence-electron chi connectivity index (χ2n) is 10.5. The van der Waals surface area contributed by atoms with Gasteiger partial charge in [-0.25, -0.2) is 0 Å². The molecule has 5 heterocycles. The second kappa shape index (κ2) is 8.11. The van der Waals surface area contributed by atoms with E-state index in [1.54, 1.807) is 0 Å². The predicted octanol–water partition coefficient (Wildman–Crippen LogP) is 3.37. The SMILES string of the molecule is O=C1CCc2cccc(c2)Oc2cccc3c2OC[C@]2(CN1)CN(C(=O)c1n[nH]c4c1CCC4)C[C@H]32. The van der Waals surface area contributed by atoms with Gasteiger partial charge in [0.25, 0.3) is 5.91 Å². The summed E-state index contributed by atoms with van der Waals surface area (Å²) in [4.78, 5) is 28.4. The minimum atomic E-state index is -0.422. The van der Waals surface area contributed by atoms with Crippen molar-refractivity contribution < 1.29 is 19.1 Å². The number of hydrogen-bond acceptors (Lipinski definition) is 5. The van der Waals surface area contributed by atoms with Gasteiger partial charge in [-0.2, -0.15) is 5.10 Å². The molecule has 2 aromatic carbocycles. The summed E-state index contributed by atoms with van der Waals surface area (Å²) in [5, 5.41) is 10.6. The van der Waals surface area contributed by atoms with Crippen molar-refractivity contribution in [3.63, 3.8) is 0 Å². The van der Waals surface area contributed by atoms with Gasteiger partial charge in [0, 0.05) is 54.2 Å². The van der Waals surface area contributed by atoms with Gasteiger partial charge in [-0.05, 0) is 49.4 Å². The highest BCUT2D eigenvalue weighted by Crippen LogP contribution is 2.52. The lowest BCUT2D eigenvalue weighted by atomic mass is 9.73. The molecule has 8 rings (SSSR count). The van der Waals surface area contributed by atoms with Crippen molar-refractivity contribution in [3.8, 4) is 17.2 Å². The summed E-state index contributed by atoms with van der Waals surface area (Å²) in [6, 6.07) is 13.8. The summed E-state index contributed by atoms with van der Waals surface area (Å²) in [5.41, 5.74) is 4.33. The maximum atomic E-state index is 13.7. The number of fused-ring (bicyclic) bond motifs is 6. The standard InChI is InChI=1S/C28H28N4O4/c33-24-11-10-17-4-1-5-18(12-17)36-23-9-3-6-19-21-13-32(15-28(21,14-29-24)16-35-26(19)23)27(34)25-20-7-2-8-22(20)30-31-25/h1,3-6,9,12,21H,2,7-8,10-11,13-16H2,(H,29,33)(H,30,31)/t21-,28+/m1/s1. The minimum Gasteiger partial charge on any atom is -0.489 e. The number of benzene rings is 2. The van der Waals surface area contributed by atoms with Gasteiger partial charge in [0.15, 0.2) is 17.2 Å². The summed E-state index contributed by atoms with van der Waals surface area (Å²) in [7, 11) is 0. The third-order valence-corrected chi connectivity index (χ3v) is 8.24. The van der Waals surface area contributed by atoms with Crippen molar-refractivity contribution in [1.82, 2.24) is 20.4 Å². The molecule has 0 radical (unpaired) electrons. The minimum absolute atomic E-state index is 0.000881. The van der Waals surface area contributed by atoms with E-state index < -0.39 is 5.41 Å². The highest BCUT2D eigenvalue weighted by molar-refractivity contribution is 5.94. The van der Waals surface area contributed by atoms with Crippen molar-refractivity contribution >= 4 is 11.8 Å². The van der Waals surface area contributed by atoms with Crippen LogP contribution in [-0.4, -0.2) is 53.2 Å². The Morgan fingerprint density at radius 3 is 2.97 bits per heavy atom. The van der Waals surface area contributed by atoms with E-state index in [0.717, 1.165) is 53.1 Å². The first kappa shape index (κ1) is 21.5. The van der Waals surface area contributed by atoms with Crippen LogP contribution >= 0.6 is 0 Å². The molecule has 0 unspecified atom stereocenters. The highest BCUT2D eigenvalue weighted by atomic mass is 16.5. The van der Waals surface area contributed by atoms with Crippen molar-refractivity contribution in [2.45, 2.75) is 38.0 Å². The molecule has 2 N–H and O–H groups in total. The molecule has 1 fully saturated rings. The Morgan fingerprint density at radius 1 is 1.11 bits per heavy atom. The quantitative estimate of drug-likeness (QED) is 0.552. The zero-order valence-electron chi connectivity index (χ0n) is 20.0. The van der Waals surface area contributed by atoms with Crippen molar-refractivity contribution in [3.05, 3.63) is 70.5 Å². The fourth-order valence-electron chi connectivity index (χ4n) is 6.34. The molecule has 4 aliphatic heterocycles. The first-order valence-electron chi connectivity index (χ1n) is 12.7. The number of para-hydroxylation sites is 1. The van der Waals surface area contributed by atoms with Crippen LogP contribution in [0.15, 0.2) is 42.5 Å². The van der Waals surface area contributed by atoms with Gasteiger partial charge in [-0.1, -0.05) is 24.3 Å². The zero-order valence-corrected chi connectivity index (χ0v) is 20.0. The van der Waals surface area contributed by atoms with E-state index in [4.69, 9.17) is 9.47 Å². The highest BCUT2D eigenvalue weighted by Gasteiger charge is 2.53. The molecule has 184 valence electrons. The molecular weight excluding hydrogens is 456 g/mol. The molecule has 0 saturated carbocycles. The lowest BCUT2D eigenvalue weighted by Gasteiger charge is -2.39. The van der Waals surface area contributed by atoms with Gasteiger partial charge in [-0.15, -0.1) is 0 Å². The van der Waals surface area contributed by atoms with Crippen LogP contribution in [0, 0.1) is 5.41 Å². The van der Waals surface area contributed by atoms with Crippen LogP contribution in [0.25, 0.3) is 0 Å². The molecule has 1 aromatic heterocycles. The number of ether oxygens (including phenoxy) is 2. The van der Waals surface area contributed by atoms with E-state index in [-0.39, 0.29) is 17.7 Å². The molecule has 3 aromatic rings. The van der Waals surface area contributed by atoms with Gasteiger partial charge in [0.05, 0.1) is 6.61 Å². The Bertz CT molecular complexity index is 1380. The average molecular weight is 485 g/mol. The van der Waals surface area contributed by atoms with Crippen LogP contribution in [0.3, 0.4) is 0 Å². The zero-order chi connectivity index (χ0) is 24.3. The molecule has 36 heavy (non-hydrogen) atoms. The lowest BCUT2D eigenvalue weighted by Crippen LogP contribution is -2.48. The molecule has 1 saturated heterocycles. The van der Waals surface area contributed by atoms with Crippen LogP contribution in [-0.2, 0) is 24.1 Å². The summed E-state index contributed by atoms with van der Waals surface area (Å²) < 4.78 is 12.7. The smallest absolute Gasteiger partial charge is 0.274 e. The fraction of sp³-hybridized carbons (Fsp3) is 0.393. The Balaban J connectivity index is 1.28. The molecule has 1 spiro atoms. The number of aromatic amines is 1. The second-order valence-corrected chi connectivity index (χ2v) is 10.5. The van der Waals surface area contributed by atoms with Crippen LogP contribution in [0.2, 0.25) is 0 Å². The van der Waals surface area contributed by atoms with E-state index in [2.05, 4.69) is 21.6 Å². The summed E-state index contributed by atoms with van der Waals surface area (Å²) >= 11 is 0. The maximum Gasteiger partial charge on any atom is 0.274 e. The van der Waals surface area contributed by atoms with E-state index >= 15 is 0 Å². The van der Waals surface area contributed by atoms with Gasteiger partial charge in [-0.3, -0.25) is 14.7 Å². The number of carbonyl (C=O) groups is 2. The summed E-state index contributed by atoms with van der Waals surface area (Å²) in [6.07, 6.45) is 3.91. The number of rotatable bonds is 1. The summed E-state index contributed by atoms with van der Waals surface area (Å²) in [6.45, 7) is 1.89. The molecule has 1 aliphatic carbocycles. The van der Waals surface area contributed by atoms with E-state index in [1.807, 2.05) is 41.3 Å². The van der Waals surface area contributed by atoms with Gasteiger partial charge < -0.3 is 19.7 Å². The normalized spacial score (nSPS) is 24.3. The maximum absolute atomic E-state index is 13.7. The van der Waals surface area contributed by atoms with Crippen molar-refractivity contribution in [1.29, 1.82) is 0 Å². The van der Waals surface area contributed by atoms with Crippen molar-refractivity contribution in [2.75, 3.05) is 26.2 Å². The number of hydrogen-bond donors (Lipinski definition) is 2. The topological polar surface area (TPSA) is 96.6 Å². The third-order valence-electron chi connectivity index (χ3n) is 8.24. The number of carbonyl (C=O) groups excluding carboxylic acids is 2. The van der Waals surface area contributed by atoms with Crippen LogP contribution in [0.5, 0.6) is 17.2 Å². The number of likely N-dealkylation sites (tertiary alicyclic amines) is 1. The van der Waals surface area contributed by atoms with E-state index in [0.29, 0.717) is 50.5 Å². The number of aromatic nitrogens is 2. The molecule has 6 bridgehead atoms. The lowest BCUT2D eigenvalue weighted by molar-refractivity contribution is -0.121. The van der Waals surface area contributed by atoms with Gasteiger partial charge in [0.1, 0.15) is 5.75 Å². The number of nitrogens with zero attached hydrogens (tertiary/aromatic N) is 2. The number of nitrogens with one attached hydrogen (secondary N) is 2.